The quantitative estimate of drug-likeness (QED) is 0.708. The van der Waals surface area contributed by atoms with E-state index in [2.05, 4.69) is 10.6 Å². The van der Waals surface area contributed by atoms with Crippen molar-refractivity contribution in [2.45, 2.75) is 25.3 Å². The molecule has 2 aliphatic heterocycles. The molecule has 0 bridgehead atoms. The molecule has 0 spiro atoms. The summed E-state index contributed by atoms with van der Waals surface area (Å²) in [5.74, 6) is -0.00558. The lowest BCUT2D eigenvalue weighted by molar-refractivity contribution is -0.133. The molecule has 0 aromatic heterocycles. The zero-order chi connectivity index (χ0) is 10.7. The maximum absolute atomic E-state index is 11.6. The van der Waals surface area contributed by atoms with E-state index < -0.39 is 0 Å². The Morgan fingerprint density at radius 1 is 1.31 bits per heavy atom. The molecule has 2 N–H and O–H groups in total. The fourth-order valence-electron chi connectivity index (χ4n) is 1.88. The molecular formula is C10H18ClN3O2. The molecule has 0 unspecified atom stereocenters. The fraction of sp³-hybridized carbons (Fsp3) is 0.800. The van der Waals surface area contributed by atoms with Gasteiger partial charge in [0.2, 0.25) is 11.8 Å². The highest BCUT2D eigenvalue weighted by Crippen LogP contribution is 2.07. The van der Waals surface area contributed by atoms with Gasteiger partial charge in [0.05, 0.1) is 12.6 Å². The van der Waals surface area contributed by atoms with Crippen LogP contribution in [0.1, 0.15) is 19.3 Å². The number of hydrogen-bond acceptors (Lipinski definition) is 3. The molecule has 1 atom stereocenters. The Morgan fingerprint density at radius 3 is 2.44 bits per heavy atom. The summed E-state index contributed by atoms with van der Waals surface area (Å²) in [5, 5.41) is 5.67. The minimum absolute atomic E-state index is 0. The van der Waals surface area contributed by atoms with Crippen LogP contribution >= 0.6 is 12.4 Å². The summed E-state index contributed by atoms with van der Waals surface area (Å²) in [6, 6.07) is -0.0728. The summed E-state index contributed by atoms with van der Waals surface area (Å²) in [5.41, 5.74) is 0. The zero-order valence-corrected chi connectivity index (χ0v) is 10.0. The molecule has 0 radical (unpaired) electrons. The van der Waals surface area contributed by atoms with Gasteiger partial charge < -0.3 is 15.5 Å². The predicted octanol–water partition coefficient (Wildman–Crippen LogP) is -0.491. The van der Waals surface area contributed by atoms with E-state index in [4.69, 9.17) is 0 Å². The molecule has 2 rings (SSSR count). The summed E-state index contributed by atoms with van der Waals surface area (Å²) in [7, 11) is 0. The molecule has 2 heterocycles. The molecule has 2 amide bonds. The van der Waals surface area contributed by atoms with Crippen molar-refractivity contribution in [1.29, 1.82) is 0 Å². The number of halogens is 1. The van der Waals surface area contributed by atoms with Crippen molar-refractivity contribution in [2.75, 3.05) is 26.2 Å². The van der Waals surface area contributed by atoms with Gasteiger partial charge >= 0.3 is 0 Å². The van der Waals surface area contributed by atoms with Crippen molar-refractivity contribution < 1.29 is 9.59 Å². The third-order valence-electron chi connectivity index (χ3n) is 3.01. The second-order valence-electron chi connectivity index (χ2n) is 4.10. The summed E-state index contributed by atoms with van der Waals surface area (Å²) in [4.78, 5) is 24.8. The maximum atomic E-state index is 11.6. The molecule has 0 aromatic rings. The smallest absolute Gasteiger partial charge is 0.241 e. The standard InChI is InChI=1S/C10H17N3O2.ClH/c14-9(13-5-1-2-6-13)7-12-10(15)8-3-4-11-8;/h8,11H,1-7H2,(H,12,15);1H/t8-;/m1./s1. The molecule has 5 nitrogen and oxygen atoms in total. The maximum Gasteiger partial charge on any atom is 0.241 e. The molecule has 2 aliphatic rings. The highest BCUT2D eigenvalue weighted by molar-refractivity contribution is 5.88. The van der Waals surface area contributed by atoms with Crippen LogP contribution < -0.4 is 10.6 Å². The first-order chi connectivity index (χ1) is 7.27. The minimum Gasteiger partial charge on any atom is -0.346 e. The zero-order valence-electron chi connectivity index (χ0n) is 9.20. The number of hydrogen-bond donors (Lipinski definition) is 2. The Hall–Kier alpha value is -0.810. The van der Waals surface area contributed by atoms with E-state index in [1.165, 1.54) is 0 Å². The van der Waals surface area contributed by atoms with Gasteiger partial charge in [0, 0.05) is 13.1 Å². The van der Waals surface area contributed by atoms with E-state index in [1.54, 1.807) is 0 Å². The second kappa shape index (κ2) is 6.06. The second-order valence-corrected chi connectivity index (χ2v) is 4.10. The first kappa shape index (κ1) is 13.3. The van der Waals surface area contributed by atoms with E-state index >= 15 is 0 Å². The SMILES string of the molecule is Cl.O=C(NCC(=O)N1CCCC1)[C@H]1CCN1. The molecule has 0 saturated carbocycles. The fourth-order valence-corrected chi connectivity index (χ4v) is 1.88. The van der Waals surface area contributed by atoms with Gasteiger partial charge in [0.1, 0.15) is 0 Å². The van der Waals surface area contributed by atoms with Crippen LogP contribution in [-0.2, 0) is 9.59 Å². The van der Waals surface area contributed by atoms with E-state index in [9.17, 15) is 9.59 Å². The molecule has 16 heavy (non-hydrogen) atoms. The minimum atomic E-state index is -0.0728. The van der Waals surface area contributed by atoms with Gasteiger partial charge in [-0.25, -0.2) is 0 Å². The van der Waals surface area contributed by atoms with Crippen LogP contribution in [0.3, 0.4) is 0 Å². The molecule has 2 fully saturated rings. The van der Waals surface area contributed by atoms with Crippen molar-refractivity contribution >= 4 is 24.2 Å². The van der Waals surface area contributed by atoms with Crippen LogP contribution in [0.2, 0.25) is 0 Å². The number of nitrogens with one attached hydrogen (secondary N) is 2. The number of amides is 2. The molecular weight excluding hydrogens is 230 g/mol. The Bertz CT molecular complexity index is 263. The Labute approximate surface area is 101 Å². The van der Waals surface area contributed by atoms with E-state index in [0.29, 0.717) is 0 Å². The van der Waals surface area contributed by atoms with E-state index in [0.717, 1.165) is 38.9 Å². The van der Waals surface area contributed by atoms with Crippen molar-refractivity contribution in [2.24, 2.45) is 0 Å². The lowest BCUT2D eigenvalue weighted by Gasteiger charge is -2.26. The Balaban J connectivity index is 0.00000128. The van der Waals surface area contributed by atoms with Crippen LogP contribution in [-0.4, -0.2) is 48.9 Å². The highest BCUT2D eigenvalue weighted by Gasteiger charge is 2.25. The van der Waals surface area contributed by atoms with Crippen molar-refractivity contribution in [3.8, 4) is 0 Å². The number of carbonyl (C=O) groups is 2. The van der Waals surface area contributed by atoms with Crippen LogP contribution in [0.5, 0.6) is 0 Å². The Kier molecular flexibility index (Phi) is 5.02. The lowest BCUT2D eigenvalue weighted by Crippen LogP contribution is -2.54. The summed E-state index contributed by atoms with van der Waals surface area (Å²) in [6.07, 6.45) is 3.05. The van der Waals surface area contributed by atoms with E-state index in [1.807, 2.05) is 4.90 Å². The van der Waals surface area contributed by atoms with Crippen LogP contribution in [0.4, 0.5) is 0 Å². The third kappa shape index (κ3) is 3.09. The molecule has 0 aromatic carbocycles. The van der Waals surface area contributed by atoms with Crippen molar-refractivity contribution in [1.82, 2.24) is 15.5 Å². The predicted molar refractivity (Wildman–Crippen MR) is 62.5 cm³/mol. The number of carbonyl (C=O) groups excluding carboxylic acids is 2. The van der Waals surface area contributed by atoms with Gasteiger partial charge in [-0.05, 0) is 25.8 Å². The van der Waals surface area contributed by atoms with E-state index in [-0.39, 0.29) is 36.8 Å². The van der Waals surface area contributed by atoms with Gasteiger partial charge in [0.15, 0.2) is 0 Å². The average Bonchev–Trinajstić information content (AvgIpc) is 2.63. The molecule has 6 heteroatoms. The van der Waals surface area contributed by atoms with Gasteiger partial charge in [0.25, 0.3) is 0 Å². The third-order valence-corrected chi connectivity index (χ3v) is 3.01. The summed E-state index contributed by atoms with van der Waals surface area (Å²) >= 11 is 0. The van der Waals surface area contributed by atoms with Crippen LogP contribution in [0, 0.1) is 0 Å². The molecule has 0 aliphatic carbocycles. The van der Waals surface area contributed by atoms with Crippen LogP contribution in [0.25, 0.3) is 0 Å². The van der Waals surface area contributed by atoms with Crippen LogP contribution in [0.15, 0.2) is 0 Å². The van der Waals surface area contributed by atoms with Gasteiger partial charge in [-0.2, -0.15) is 0 Å². The first-order valence-electron chi connectivity index (χ1n) is 5.56. The largest absolute Gasteiger partial charge is 0.346 e. The summed E-state index contributed by atoms with van der Waals surface area (Å²) in [6.45, 7) is 2.74. The number of likely N-dealkylation sites (tertiary alicyclic amines) is 1. The molecule has 2 saturated heterocycles. The van der Waals surface area contributed by atoms with Gasteiger partial charge in [-0.15, -0.1) is 12.4 Å². The van der Waals surface area contributed by atoms with Gasteiger partial charge in [-0.1, -0.05) is 0 Å². The topological polar surface area (TPSA) is 61.4 Å². The Morgan fingerprint density at radius 2 is 1.94 bits per heavy atom. The van der Waals surface area contributed by atoms with Gasteiger partial charge in [-0.3, -0.25) is 9.59 Å². The monoisotopic (exact) mass is 247 g/mol. The number of rotatable bonds is 3. The lowest BCUT2D eigenvalue weighted by atomic mass is 10.1. The normalized spacial score (nSPS) is 23.2. The highest BCUT2D eigenvalue weighted by atomic mass is 35.5. The first-order valence-corrected chi connectivity index (χ1v) is 5.56. The van der Waals surface area contributed by atoms with Crippen molar-refractivity contribution in [3.63, 3.8) is 0 Å². The average molecular weight is 248 g/mol. The number of nitrogens with zero attached hydrogens (tertiary/aromatic N) is 1. The molecule has 92 valence electrons. The van der Waals surface area contributed by atoms with Crippen molar-refractivity contribution in [3.05, 3.63) is 0 Å². The summed E-state index contributed by atoms with van der Waals surface area (Å²) < 4.78 is 0.